The molecule has 0 bridgehead atoms. The maximum atomic E-state index is 11.4. The lowest BCUT2D eigenvalue weighted by Crippen LogP contribution is -2.36. The van der Waals surface area contributed by atoms with Crippen molar-refractivity contribution in [3.05, 3.63) is 12.0 Å². The van der Waals surface area contributed by atoms with E-state index < -0.39 is 5.97 Å². The summed E-state index contributed by atoms with van der Waals surface area (Å²) in [6, 6.07) is 0.514. The van der Waals surface area contributed by atoms with Gasteiger partial charge in [-0.05, 0) is 6.92 Å². The first-order valence-corrected chi connectivity index (χ1v) is 6.74. The number of hydrogen-bond donors (Lipinski definition) is 0. The predicted octanol–water partition coefficient (Wildman–Crippen LogP) is 1.79. The molecule has 1 atom stereocenters. The van der Waals surface area contributed by atoms with Gasteiger partial charge in [0.2, 0.25) is 0 Å². The van der Waals surface area contributed by atoms with Crippen LogP contribution >= 0.6 is 11.8 Å². The van der Waals surface area contributed by atoms with E-state index in [1.807, 2.05) is 11.8 Å². The molecule has 94 valence electrons. The highest BCUT2D eigenvalue weighted by Crippen LogP contribution is 2.23. The monoisotopic (exact) mass is 256 g/mol. The fourth-order valence-corrected chi connectivity index (χ4v) is 2.71. The largest absolute Gasteiger partial charge is 0.461 e. The number of anilines is 1. The molecule has 0 saturated carbocycles. The summed E-state index contributed by atoms with van der Waals surface area (Å²) < 4.78 is 10.2. The highest BCUT2D eigenvalue weighted by molar-refractivity contribution is 8.00. The third-order valence-electron chi connectivity index (χ3n) is 2.49. The van der Waals surface area contributed by atoms with E-state index >= 15 is 0 Å². The van der Waals surface area contributed by atoms with Gasteiger partial charge >= 0.3 is 5.97 Å². The van der Waals surface area contributed by atoms with Crippen molar-refractivity contribution in [2.75, 3.05) is 30.3 Å². The molecule has 5 nitrogen and oxygen atoms in total. The minimum absolute atomic E-state index is 0.243. The van der Waals surface area contributed by atoms with E-state index in [2.05, 4.69) is 16.8 Å². The summed E-state index contributed by atoms with van der Waals surface area (Å²) in [7, 11) is 0. The van der Waals surface area contributed by atoms with Crippen LogP contribution in [-0.4, -0.2) is 41.7 Å². The molecule has 0 aromatic carbocycles. The maximum absolute atomic E-state index is 11.4. The fourth-order valence-electron chi connectivity index (χ4n) is 1.70. The molecule has 1 saturated heterocycles. The van der Waals surface area contributed by atoms with Crippen LogP contribution in [0.4, 0.5) is 6.01 Å². The molecule has 17 heavy (non-hydrogen) atoms. The average molecular weight is 256 g/mol. The van der Waals surface area contributed by atoms with Gasteiger partial charge in [0.15, 0.2) is 5.69 Å². The molecule has 1 aliphatic rings. The second-order valence-electron chi connectivity index (χ2n) is 3.86. The van der Waals surface area contributed by atoms with E-state index in [1.54, 1.807) is 6.92 Å². The Labute approximate surface area is 105 Å². The Morgan fingerprint density at radius 1 is 1.76 bits per heavy atom. The molecular weight excluding hydrogens is 240 g/mol. The molecule has 0 aliphatic carbocycles. The van der Waals surface area contributed by atoms with E-state index in [0.717, 1.165) is 18.8 Å². The second kappa shape index (κ2) is 5.44. The molecule has 1 aromatic rings. The van der Waals surface area contributed by atoms with E-state index in [9.17, 15) is 4.79 Å². The summed E-state index contributed by atoms with van der Waals surface area (Å²) in [6.45, 7) is 6.08. The van der Waals surface area contributed by atoms with Crippen molar-refractivity contribution in [1.29, 1.82) is 0 Å². The standard InChI is InChI=1S/C11H16N2O3S/c1-3-15-10(14)9-7-16-11(12-9)13-4-5-17-8(2)6-13/h7-8H,3-6H2,1-2H3. The Balaban J connectivity index is 2.04. The van der Waals surface area contributed by atoms with Crippen LogP contribution in [0.25, 0.3) is 0 Å². The van der Waals surface area contributed by atoms with E-state index in [0.29, 0.717) is 17.9 Å². The number of ether oxygens (including phenoxy) is 1. The van der Waals surface area contributed by atoms with Crippen molar-refractivity contribution >= 4 is 23.7 Å². The normalized spacial score (nSPS) is 20.4. The number of thioether (sulfide) groups is 1. The Kier molecular flexibility index (Phi) is 3.93. The van der Waals surface area contributed by atoms with Crippen LogP contribution in [-0.2, 0) is 4.74 Å². The minimum Gasteiger partial charge on any atom is -0.461 e. The van der Waals surface area contributed by atoms with Crippen molar-refractivity contribution in [2.24, 2.45) is 0 Å². The number of esters is 1. The molecule has 1 fully saturated rings. The highest BCUT2D eigenvalue weighted by Gasteiger charge is 2.22. The molecule has 1 unspecified atom stereocenters. The van der Waals surface area contributed by atoms with Gasteiger partial charge in [0.1, 0.15) is 6.26 Å². The van der Waals surface area contributed by atoms with E-state index in [1.165, 1.54) is 6.26 Å². The number of oxazole rings is 1. The summed E-state index contributed by atoms with van der Waals surface area (Å²) in [4.78, 5) is 17.7. The summed E-state index contributed by atoms with van der Waals surface area (Å²) in [5.41, 5.74) is 0.243. The molecule has 1 aromatic heterocycles. The molecule has 0 spiro atoms. The Hall–Kier alpha value is -1.17. The zero-order chi connectivity index (χ0) is 12.3. The van der Waals surface area contributed by atoms with E-state index in [-0.39, 0.29) is 5.69 Å². The minimum atomic E-state index is -0.429. The van der Waals surface area contributed by atoms with Gasteiger partial charge < -0.3 is 14.1 Å². The lowest BCUT2D eigenvalue weighted by atomic mass is 10.4. The number of hydrogen-bond acceptors (Lipinski definition) is 6. The second-order valence-corrected chi connectivity index (χ2v) is 5.41. The fraction of sp³-hybridized carbons (Fsp3) is 0.636. The summed E-state index contributed by atoms with van der Waals surface area (Å²) in [6.07, 6.45) is 1.36. The topological polar surface area (TPSA) is 55.6 Å². The molecule has 2 rings (SSSR count). The van der Waals surface area contributed by atoms with Crippen molar-refractivity contribution in [3.8, 4) is 0 Å². The van der Waals surface area contributed by atoms with Gasteiger partial charge in [0.05, 0.1) is 6.61 Å². The van der Waals surface area contributed by atoms with Crippen LogP contribution in [0.5, 0.6) is 0 Å². The van der Waals surface area contributed by atoms with Crippen LogP contribution < -0.4 is 4.90 Å². The first kappa shape index (κ1) is 12.3. The van der Waals surface area contributed by atoms with Gasteiger partial charge in [-0.1, -0.05) is 6.92 Å². The number of carbonyl (C=O) groups is 1. The molecule has 0 N–H and O–H groups in total. The van der Waals surface area contributed by atoms with Gasteiger partial charge in [-0.25, -0.2) is 4.79 Å². The Morgan fingerprint density at radius 2 is 2.59 bits per heavy atom. The molecule has 0 radical (unpaired) electrons. The van der Waals surface area contributed by atoms with Crippen LogP contribution in [0.1, 0.15) is 24.3 Å². The quantitative estimate of drug-likeness (QED) is 0.769. The third-order valence-corrected chi connectivity index (χ3v) is 3.62. The molecule has 1 aliphatic heterocycles. The van der Waals surface area contributed by atoms with Gasteiger partial charge in [0.25, 0.3) is 6.01 Å². The van der Waals surface area contributed by atoms with Crippen molar-refractivity contribution in [3.63, 3.8) is 0 Å². The van der Waals surface area contributed by atoms with Crippen LogP contribution in [0.15, 0.2) is 10.7 Å². The van der Waals surface area contributed by atoms with Crippen molar-refractivity contribution in [1.82, 2.24) is 4.98 Å². The lowest BCUT2D eigenvalue weighted by molar-refractivity contribution is 0.0519. The smallest absolute Gasteiger partial charge is 0.360 e. The van der Waals surface area contributed by atoms with Crippen molar-refractivity contribution < 1.29 is 13.9 Å². The van der Waals surface area contributed by atoms with Gasteiger partial charge in [0, 0.05) is 24.1 Å². The van der Waals surface area contributed by atoms with Gasteiger partial charge in [-0.15, -0.1) is 0 Å². The lowest BCUT2D eigenvalue weighted by Gasteiger charge is -2.28. The van der Waals surface area contributed by atoms with E-state index in [4.69, 9.17) is 9.15 Å². The molecular formula is C11H16N2O3S. The third kappa shape index (κ3) is 2.94. The molecule has 0 amide bonds. The summed E-state index contributed by atoms with van der Waals surface area (Å²) >= 11 is 1.93. The zero-order valence-corrected chi connectivity index (χ0v) is 10.8. The first-order valence-electron chi connectivity index (χ1n) is 5.70. The number of nitrogens with zero attached hydrogens (tertiary/aromatic N) is 2. The number of aromatic nitrogens is 1. The molecule has 6 heteroatoms. The first-order chi connectivity index (χ1) is 8.20. The Morgan fingerprint density at radius 3 is 3.29 bits per heavy atom. The maximum Gasteiger partial charge on any atom is 0.360 e. The predicted molar refractivity (Wildman–Crippen MR) is 66.6 cm³/mol. The average Bonchev–Trinajstić information content (AvgIpc) is 2.78. The number of rotatable bonds is 3. The van der Waals surface area contributed by atoms with Gasteiger partial charge in [-0.2, -0.15) is 16.7 Å². The number of carbonyl (C=O) groups excluding carboxylic acids is 1. The van der Waals surface area contributed by atoms with Crippen LogP contribution in [0.3, 0.4) is 0 Å². The molecule has 2 heterocycles. The van der Waals surface area contributed by atoms with Gasteiger partial charge in [-0.3, -0.25) is 0 Å². The summed E-state index contributed by atoms with van der Waals surface area (Å²) in [5, 5.41) is 0.557. The zero-order valence-electron chi connectivity index (χ0n) is 10.0. The highest BCUT2D eigenvalue weighted by atomic mass is 32.2. The van der Waals surface area contributed by atoms with Crippen molar-refractivity contribution in [2.45, 2.75) is 19.1 Å². The SMILES string of the molecule is CCOC(=O)c1coc(N2CCSC(C)C2)n1. The van der Waals surface area contributed by atoms with Crippen LogP contribution in [0.2, 0.25) is 0 Å². The summed E-state index contributed by atoms with van der Waals surface area (Å²) in [5.74, 6) is 0.625. The Bertz CT molecular complexity index is 394. The van der Waals surface area contributed by atoms with Crippen LogP contribution in [0, 0.1) is 0 Å².